The number of thiazole rings is 1. The van der Waals surface area contributed by atoms with Crippen LogP contribution in [0.1, 0.15) is 17.2 Å². The van der Waals surface area contributed by atoms with Crippen LogP contribution in [0.4, 0.5) is 5.13 Å². The summed E-state index contributed by atoms with van der Waals surface area (Å²) in [4.78, 5) is 31.5. The van der Waals surface area contributed by atoms with Gasteiger partial charge in [-0.2, -0.15) is 0 Å². The molecule has 0 spiro atoms. The van der Waals surface area contributed by atoms with Gasteiger partial charge in [0, 0.05) is 22.2 Å². The Balaban J connectivity index is 1.69. The Kier molecular flexibility index (Phi) is 4.88. The largest absolute Gasteiger partial charge is 0.507 e. The fourth-order valence-electron chi connectivity index (χ4n) is 3.70. The lowest BCUT2D eigenvalue weighted by atomic mass is 9.95. The number of fused-ring (bicyclic) bond motifs is 1. The summed E-state index contributed by atoms with van der Waals surface area (Å²) < 4.78 is 11.1. The summed E-state index contributed by atoms with van der Waals surface area (Å²) in [5.41, 5.74) is 0.883. The molecular weight excluding hydrogens is 440 g/mol. The molecule has 2 aliphatic rings. The molecule has 2 aromatic carbocycles. The van der Waals surface area contributed by atoms with Crippen LogP contribution in [0.25, 0.3) is 5.76 Å². The van der Waals surface area contributed by atoms with Gasteiger partial charge in [0.15, 0.2) is 16.6 Å². The number of hydrogen-bond acceptors (Lipinski definition) is 7. The first-order chi connectivity index (χ1) is 15.0. The number of hydrogen-bond donors (Lipinski definition) is 1. The first-order valence-corrected chi connectivity index (χ1v) is 10.7. The van der Waals surface area contributed by atoms with Gasteiger partial charge < -0.3 is 14.6 Å². The molecule has 1 amide bonds. The minimum Gasteiger partial charge on any atom is -0.507 e. The van der Waals surface area contributed by atoms with Crippen LogP contribution in [0.5, 0.6) is 11.5 Å². The number of aliphatic hydroxyl groups is 1. The van der Waals surface area contributed by atoms with E-state index < -0.39 is 17.7 Å². The van der Waals surface area contributed by atoms with Crippen LogP contribution < -0.4 is 14.4 Å². The maximum Gasteiger partial charge on any atom is 0.301 e. The lowest BCUT2D eigenvalue weighted by Gasteiger charge is -2.23. The fraction of sp³-hybridized carbons (Fsp3) is 0.136. The number of rotatable bonds is 3. The molecule has 0 bridgehead atoms. The van der Waals surface area contributed by atoms with Crippen molar-refractivity contribution in [2.75, 3.05) is 18.1 Å². The van der Waals surface area contributed by atoms with Crippen LogP contribution in [0, 0.1) is 0 Å². The third-order valence-corrected chi connectivity index (χ3v) is 6.06. The molecule has 156 valence electrons. The Bertz CT molecular complexity index is 1220. The molecular formula is C22H15ClN2O5S. The predicted octanol–water partition coefficient (Wildman–Crippen LogP) is 4.19. The number of anilines is 1. The predicted molar refractivity (Wildman–Crippen MR) is 116 cm³/mol. The van der Waals surface area contributed by atoms with Gasteiger partial charge in [-0.1, -0.05) is 23.7 Å². The topological polar surface area (TPSA) is 89.0 Å². The lowest BCUT2D eigenvalue weighted by molar-refractivity contribution is -0.132. The van der Waals surface area contributed by atoms with Crippen molar-refractivity contribution in [1.29, 1.82) is 0 Å². The summed E-state index contributed by atoms with van der Waals surface area (Å²) in [5.74, 6) is -0.855. The highest BCUT2D eigenvalue weighted by Gasteiger charge is 2.48. The van der Waals surface area contributed by atoms with Gasteiger partial charge >= 0.3 is 5.91 Å². The molecule has 1 fully saturated rings. The van der Waals surface area contributed by atoms with Crippen LogP contribution in [0.2, 0.25) is 5.02 Å². The van der Waals surface area contributed by atoms with Gasteiger partial charge in [-0.05, 0) is 35.9 Å². The van der Waals surface area contributed by atoms with E-state index in [-0.39, 0.29) is 11.3 Å². The average molecular weight is 455 g/mol. The van der Waals surface area contributed by atoms with E-state index in [1.54, 1.807) is 54.0 Å². The number of ether oxygens (including phenoxy) is 2. The SMILES string of the molecule is O=C1C(=O)N(c2nccs2)[C@@H](c2cccc(Cl)c2)C1=C(O)c1ccc2c(c1)OCCO2. The molecule has 3 heterocycles. The van der Waals surface area contributed by atoms with E-state index in [9.17, 15) is 14.7 Å². The molecule has 0 unspecified atom stereocenters. The van der Waals surface area contributed by atoms with E-state index in [2.05, 4.69) is 4.98 Å². The first-order valence-electron chi connectivity index (χ1n) is 9.40. The Morgan fingerprint density at radius 2 is 1.94 bits per heavy atom. The van der Waals surface area contributed by atoms with Gasteiger partial charge in [-0.3, -0.25) is 14.5 Å². The zero-order chi connectivity index (χ0) is 21.5. The Morgan fingerprint density at radius 3 is 2.68 bits per heavy atom. The van der Waals surface area contributed by atoms with E-state index >= 15 is 0 Å². The molecule has 1 saturated heterocycles. The first kappa shape index (κ1) is 19.6. The van der Waals surface area contributed by atoms with Crippen LogP contribution in [0.15, 0.2) is 59.6 Å². The maximum absolute atomic E-state index is 13.1. The summed E-state index contributed by atoms with van der Waals surface area (Å²) in [6.07, 6.45) is 1.55. The van der Waals surface area contributed by atoms with Gasteiger partial charge in [0.05, 0.1) is 11.6 Å². The fourth-order valence-corrected chi connectivity index (χ4v) is 4.57. The smallest absolute Gasteiger partial charge is 0.301 e. The van der Waals surface area contributed by atoms with Gasteiger partial charge in [-0.15, -0.1) is 11.3 Å². The lowest BCUT2D eigenvalue weighted by Crippen LogP contribution is -2.29. The molecule has 0 saturated carbocycles. The standard InChI is InChI=1S/C22H15ClN2O5S/c23-14-3-1-2-12(10-14)18-17(20(27)21(28)25(18)22-24-6-9-31-22)19(26)13-4-5-15-16(11-13)30-8-7-29-15/h1-6,9-11,18,26H,7-8H2/t18-/m0/s1. The number of ketones is 1. The second-order valence-corrected chi connectivity index (χ2v) is 8.21. The van der Waals surface area contributed by atoms with Crippen LogP contribution >= 0.6 is 22.9 Å². The van der Waals surface area contributed by atoms with Crippen LogP contribution in [0.3, 0.4) is 0 Å². The zero-order valence-electron chi connectivity index (χ0n) is 15.9. The van der Waals surface area contributed by atoms with E-state index in [1.165, 1.54) is 16.2 Å². The van der Waals surface area contributed by atoms with Crippen LogP contribution in [-0.4, -0.2) is 35.0 Å². The number of aliphatic hydroxyl groups excluding tert-OH is 1. The van der Waals surface area contributed by atoms with Gasteiger partial charge in [0.2, 0.25) is 0 Å². The van der Waals surface area contributed by atoms with Crippen molar-refractivity contribution in [3.8, 4) is 11.5 Å². The number of nitrogens with zero attached hydrogens (tertiary/aromatic N) is 2. The molecule has 9 heteroatoms. The Morgan fingerprint density at radius 1 is 1.13 bits per heavy atom. The molecule has 5 rings (SSSR count). The van der Waals surface area contributed by atoms with E-state index in [0.717, 1.165) is 0 Å². The van der Waals surface area contributed by atoms with E-state index in [1.807, 2.05) is 0 Å². The minimum absolute atomic E-state index is 0.0425. The van der Waals surface area contributed by atoms with Crippen molar-refractivity contribution in [2.45, 2.75) is 6.04 Å². The average Bonchev–Trinajstić information content (AvgIpc) is 3.40. The Hall–Kier alpha value is -3.36. The molecule has 1 aromatic heterocycles. The summed E-state index contributed by atoms with van der Waals surface area (Å²) in [7, 11) is 0. The number of halogens is 1. The normalized spacial score (nSPS) is 19.6. The van der Waals surface area contributed by atoms with Crippen molar-refractivity contribution >= 4 is 45.5 Å². The molecule has 0 radical (unpaired) electrons. The number of Topliss-reactive ketones (excluding diaryl/α,β-unsaturated/α-hetero) is 1. The van der Waals surface area contributed by atoms with E-state index in [4.69, 9.17) is 21.1 Å². The second-order valence-electron chi connectivity index (χ2n) is 6.90. The highest BCUT2D eigenvalue weighted by molar-refractivity contribution is 7.14. The molecule has 7 nitrogen and oxygen atoms in total. The molecule has 31 heavy (non-hydrogen) atoms. The third-order valence-electron chi connectivity index (χ3n) is 5.05. The minimum atomic E-state index is -0.877. The van der Waals surface area contributed by atoms with Crippen molar-refractivity contribution in [1.82, 2.24) is 4.98 Å². The van der Waals surface area contributed by atoms with E-state index in [0.29, 0.717) is 46.0 Å². The Labute approximate surface area is 186 Å². The molecule has 2 aliphatic heterocycles. The molecule has 3 aromatic rings. The highest BCUT2D eigenvalue weighted by Crippen LogP contribution is 2.44. The summed E-state index contributed by atoms with van der Waals surface area (Å²) >= 11 is 7.41. The zero-order valence-corrected chi connectivity index (χ0v) is 17.5. The quantitative estimate of drug-likeness (QED) is 0.362. The second kappa shape index (κ2) is 7.72. The number of aromatic nitrogens is 1. The van der Waals surface area contributed by atoms with Gasteiger partial charge in [0.25, 0.3) is 5.78 Å². The third kappa shape index (κ3) is 3.34. The molecule has 1 N–H and O–H groups in total. The van der Waals surface area contributed by atoms with Crippen molar-refractivity contribution in [3.63, 3.8) is 0 Å². The molecule has 1 atom stereocenters. The van der Waals surface area contributed by atoms with Gasteiger partial charge in [-0.25, -0.2) is 4.98 Å². The summed E-state index contributed by atoms with van der Waals surface area (Å²) in [6, 6.07) is 10.8. The van der Waals surface area contributed by atoms with Gasteiger partial charge in [0.1, 0.15) is 19.0 Å². The maximum atomic E-state index is 13.1. The highest BCUT2D eigenvalue weighted by atomic mass is 35.5. The number of carbonyl (C=O) groups excluding carboxylic acids is 2. The van der Waals surface area contributed by atoms with Crippen molar-refractivity contribution < 1.29 is 24.2 Å². The number of benzene rings is 2. The summed E-state index contributed by atoms with van der Waals surface area (Å²) in [5, 5.41) is 13.7. The van der Waals surface area contributed by atoms with Crippen molar-refractivity contribution in [2.24, 2.45) is 0 Å². The number of amides is 1. The monoisotopic (exact) mass is 454 g/mol. The van der Waals surface area contributed by atoms with Crippen molar-refractivity contribution in [3.05, 3.63) is 75.8 Å². The number of carbonyl (C=O) groups is 2. The van der Waals surface area contributed by atoms with Crippen LogP contribution in [-0.2, 0) is 9.59 Å². The molecule has 0 aliphatic carbocycles. The summed E-state index contributed by atoms with van der Waals surface area (Å²) in [6.45, 7) is 0.820.